The first-order valence-corrected chi connectivity index (χ1v) is 9.55. The van der Waals surface area contributed by atoms with Gasteiger partial charge in [-0.15, -0.1) is 0 Å². The monoisotopic (exact) mass is 384 g/mol. The quantitative estimate of drug-likeness (QED) is 0.863. The first-order chi connectivity index (χ1) is 12.8. The number of halogens is 3. The summed E-state index contributed by atoms with van der Waals surface area (Å²) in [4.78, 5) is 15.3. The molecule has 0 aromatic heterocycles. The molecule has 27 heavy (non-hydrogen) atoms. The SMILES string of the molecule is Cc1cc(C(F)(F)F)cc(C)c1C(=O)N[C@@H]1COCCC1CN1CCCC1. The van der Waals surface area contributed by atoms with Gasteiger partial charge in [-0.05, 0) is 75.4 Å². The van der Waals surface area contributed by atoms with Crippen LogP contribution in [0.3, 0.4) is 0 Å². The van der Waals surface area contributed by atoms with Crippen molar-refractivity contribution in [3.8, 4) is 0 Å². The van der Waals surface area contributed by atoms with Crippen molar-refractivity contribution in [3.63, 3.8) is 0 Å². The Morgan fingerprint density at radius 1 is 1.22 bits per heavy atom. The molecule has 1 N–H and O–H groups in total. The summed E-state index contributed by atoms with van der Waals surface area (Å²) in [7, 11) is 0. The molecule has 1 aromatic rings. The highest BCUT2D eigenvalue weighted by atomic mass is 19.4. The molecular weight excluding hydrogens is 357 g/mol. The Hall–Kier alpha value is -1.60. The van der Waals surface area contributed by atoms with E-state index in [0.717, 1.165) is 38.2 Å². The fourth-order valence-corrected chi connectivity index (χ4v) is 4.18. The predicted octanol–water partition coefficient (Wildman–Crippen LogP) is 3.55. The molecule has 2 heterocycles. The summed E-state index contributed by atoms with van der Waals surface area (Å²) < 4.78 is 44.5. The van der Waals surface area contributed by atoms with Gasteiger partial charge in [0.05, 0.1) is 18.2 Å². The standard InChI is InChI=1S/C20H27F3N2O2/c1-13-9-16(20(21,22)23)10-14(2)18(13)19(26)24-17-12-27-8-5-15(17)11-25-6-3-4-7-25/h9-10,15,17H,3-8,11-12H2,1-2H3,(H,24,26)/t15?,17-/m1/s1. The van der Waals surface area contributed by atoms with Crippen LogP contribution in [0, 0.1) is 19.8 Å². The zero-order valence-electron chi connectivity index (χ0n) is 15.9. The van der Waals surface area contributed by atoms with Crippen molar-refractivity contribution < 1.29 is 22.7 Å². The summed E-state index contributed by atoms with van der Waals surface area (Å²) in [5.41, 5.74) is 0.288. The third-order valence-corrected chi connectivity index (χ3v) is 5.59. The van der Waals surface area contributed by atoms with E-state index >= 15 is 0 Å². The molecule has 1 unspecified atom stereocenters. The number of nitrogens with zero attached hydrogens (tertiary/aromatic N) is 1. The molecule has 1 aromatic carbocycles. The van der Waals surface area contributed by atoms with E-state index in [1.807, 2.05) is 0 Å². The van der Waals surface area contributed by atoms with Gasteiger partial charge in [-0.3, -0.25) is 4.79 Å². The molecule has 1 amide bonds. The minimum Gasteiger partial charge on any atom is -0.379 e. The molecule has 0 bridgehead atoms. The minimum atomic E-state index is -4.41. The van der Waals surface area contributed by atoms with Crippen molar-refractivity contribution in [1.29, 1.82) is 0 Å². The number of rotatable bonds is 4. The number of carbonyl (C=O) groups excluding carboxylic acids is 1. The third kappa shape index (κ3) is 4.82. The fraction of sp³-hybridized carbons (Fsp3) is 0.650. The van der Waals surface area contributed by atoms with Crippen LogP contribution in [0.5, 0.6) is 0 Å². The second-order valence-corrected chi connectivity index (χ2v) is 7.69. The number of likely N-dealkylation sites (tertiary alicyclic amines) is 1. The number of hydrogen-bond acceptors (Lipinski definition) is 3. The maximum Gasteiger partial charge on any atom is 0.416 e. The predicted molar refractivity (Wildman–Crippen MR) is 96.8 cm³/mol. The first-order valence-electron chi connectivity index (χ1n) is 9.55. The molecule has 0 spiro atoms. The van der Waals surface area contributed by atoms with Gasteiger partial charge in [0.2, 0.25) is 0 Å². The number of carbonyl (C=O) groups is 1. The summed E-state index contributed by atoms with van der Waals surface area (Å²) in [5.74, 6) is -0.0171. The van der Waals surface area contributed by atoms with Gasteiger partial charge in [-0.1, -0.05) is 0 Å². The number of ether oxygens (including phenoxy) is 1. The van der Waals surface area contributed by atoms with Crippen molar-refractivity contribution in [2.45, 2.75) is 45.3 Å². The van der Waals surface area contributed by atoms with Crippen LogP contribution >= 0.6 is 0 Å². The molecule has 7 heteroatoms. The molecule has 2 saturated heterocycles. The van der Waals surface area contributed by atoms with Crippen LogP contribution in [0.15, 0.2) is 12.1 Å². The molecule has 0 aliphatic carbocycles. The summed E-state index contributed by atoms with van der Waals surface area (Å²) >= 11 is 0. The van der Waals surface area contributed by atoms with Crippen LogP contribution in [0.4, 0.5) is 13.2 Å². The molecule has 150 valence electrons. The molecule has 2 aliphatic heterocycles. The van der Waals surface area contributed by atoms with Crippen molar-refractivity contribution in [2.24, 2.45) is 5.92 Å². The van der Waals surface area contributed by atoms with Gasteiger partial charge in [0.25, 0.3) is 5.91 Å². The number of amides is 1. The normalized spacial score (nSPS) is 24.2. The summed E-state index contributed by atoms with van der Waals surface area (Å²) in [5, 5.41) is 3.03. The number of alkyl halides is 3. The molecule has 2 atom stereocenters. The second-order valence-electron chi connectivity index (χ2n) is 7.69. The van der Waals surface area contributed by atoms with Crippen LogP contribution in [-0.2, 0) is 10.9 Å². The van der Waals surface area contributed by atoms with Gasteiger partial charge in [-0.25, -0.2) is 0 Å². The highest BCUT2D eigenvalue weighted by molar-refractivity contribution is 5.97. The van der Waals surface area contributed by atoms with E-state index in [4.69, 9.17) is 4.74 Å². The van der Waals surface area contributed by atoms with E-state index in [-0.39, 0.29) is 11.9 Å². The van der Waals surface area contributed by atoms with Gasteiger partial charge in [0.1, 0.15) is 0 Å². The lowest BCUT2D eigenvalue weighted by atomic mass is 9.92. The highest BCUT2D eigenvalue weighted by Crippen LogP contribution is 2.32. The van der Waals surface area contributed by atoms with E-state index in [2.05, 4.69) is 10.2 Å². The Bertz CT molecular complexity index is 661. The van der Waals surface area contributed by atoms with Crippen LogP contribution in [0.2, 0.25) is 0 Å². The second kappa shape index (κ2) is 8.19. The van der Waals surface area contributed by atoms with E-state index in [1.165, 1.54) is 12.8 Å². The van der Waals surface area contributed by atoms with Crippen LogP contribution in [0.25, 0.3) is 0 Å². The molecule has 0 radical (unpaired) electrons. The number of benzene rings is 1. The minimum absolute atomic E-state index is 0.118. The van der Waals surface area contributed by atoms with Crippen molar-refractivity contribution in [1.82, 2.24) is 10.2 Å². The van der Waals surface area contributed by atoms with E-state index in [1.54, 1.807) is 13.8 Å². The first kappa shape index (κ1) is 20.1. The van der Waals surface area contributed by atoms with E-state index in [0.29, 0.717) is 35.8 Å². The maximum absolute atomic E-state index is 13.0. The zero-order valence-corrected chi connectivity index (χ0v) is 15.9. The van der Waals surface area contributed by atoms with Gasteiger partial charge in [-0.2, -0.15) is 13.2 Å². The Labute approximate surface area is 158 Å². The van der Waals surface area contributed by atoms with Crippen molar-refractivity contribution in [2.75, 3.05) is 32.8 Å². The smallest absolute Gasteiger partial charge is 0.379 e. The molecule has 3 rings (SSSR count). The molecule has 0 saturated carbocycles. The average molecular weight is 384 g/mol. The van der Waals surface area contributed by atoms with Crippen molar-refractivity contribution >= 4 is 5.91 Å². The molecule has 2 fully saturated rings. The lowest BCUT2D eigenvalue weighted by molar-refractivity contribution is -0.137. The van der Waals surface area contributed by atoms with Crippen LogP contribution in [-0.4, -0.2) is 49.7 Å². The van der Waals surface area contributed by atoms with Gasteiger partial charge in [0.15, 0.2) is 0 Å². The summed E-state index contributed by atoms with van der Waals surface area (Å²) in [6.45, 7) is 7.35. The largest absolute Gasteiger partial charge is 0.416 e. The average Bonchev–Trinajstić information content (AvgIpc) is 3.08. The van der Waals surface area contributed by atoms with E-state index < -0.39 is 11.7 Å². The van der Waals surface area contributed by atoms with Gasteiger partial charge >= 0.3 is 6.18 Å². The lowest BCUT2D eigenvalue weighted by Crippen LogP contribution is -2.50. The van der Waals surface area contributed by atoms with Gasteiger partial charge in [0, 0.05) is 18.7 Å². The fourth-order valence-electron chi connectivity index (χ4n) is 4.18. The lowest BCUT2D eigenvalue weighted by Gasteiger charge is -2.35. The summed E-state index contributed by atoms with van der Waals surface area (Å²) in [6, 6.07) is 1.97. The Kier molecular flexibility index (Phi) is 6.11. The molecule has 4 nitrogen and oxygen atoms in total. The number of hydrogen-bond donors (Lipinski definition) is 1. The highest BCUT2D eigenvalue weighted by Gasteiger charge is 2.33. The topological polar surface area (TPSA) is 41.6 Å². The van der Waals surface area contributed by atoms with Crippen molar-refractivity contribution in [3.05, 3.63) is 34.4 Å². The molecule has 2 aliphatic rings. The van der Waals surface area contributed by atoms with Crippen LogP contribution in [0.1, 0.15) is 46.3 Å². The van der Waals surface area contributed by atoms with E-state index in [9.17, 15) is 18.0 Å². The number of aryl methyl sites for hydroxylation is 2. The Morgan fingerprint density at radius 2 is 1.85 bits per heavy atom. The molecular formula is C20H27F3N2O2. The summed E-state index contributed by atoms with van der Waals surface area (Å²) in [6.07, 6.45) is -1.11. The Balaban J connectivity index is 1.73. The zero-order chi connectivity index (χ0) is 19.6. The van der Waals surface area contributed by atoms with Crippen LogP contribution < -0.4 is 5.32 Å². The maximum atomic E-state index is 13.0. The van der Waals surface area contributed by atoms with Gasteiger partial charge < -0.3 is 15.0 Å². The Morgan fingerprint density at radius 3 is 2.44 bits per heavy atom. The third-order valence-electron chi connectivity index (χ3n) is 5.59. The number of nitrogens with one attached hydrogen (secondary N) is 1.